The predicted molar refractivity (Wildman–Crippen MR) is 132 cm³/mol. The standard InChI is InChI=1S/C24H21ClN8O2/c1-14(28-23-11-18(6-8-27-23)33-15(2)30-31-32-33)19-9-16-10-20(25)22(12-21(16)29-24(19)34)35-13-17-5-3-4-7-26-17/h3-12,14H,13H2,1-2H3,(H,27,28)(H,29,34)/t14-/m0/s1. The van der Waals surface area contributed by atoms with E-state index in [2.05, 4.69) is 35.8 Å². The van der Waals surface area contributed by atoms with Crippen LogP contribution in [0.5, 0.6) is 5.75 Å². The second kappa shape index (κ2) is 9.51. The van der Waals surface area contributed by atoms with Gasteiger partial charge in [0.15, 0.2) is 5.82 Å². The molecule has 0 aliphatic carbocycles. The SMILES string of the molecule is Cc1nnnn1-c1ccnc(N[C@@H](C)c2cc3cc(Cl)c(OCc4ccccn4)cc3[nH]c2=O)c1. The molecule has 1 atom stereocenters. The van der Waals surface area contributed by atoms with Gasteiger partial charge in [0.25, 0.3) is 5.56 Å². The molecule has 2 N–H and O–H groups in total. The fourth-order valence-corrected chi connectivity index (χ4v) is 3.92. The summed E-state index contributed by atoms with van der Waals surface area (Å²) in [4.78, 5) is 24.4. The van der Waals surface area contributed by atoms with Crippen molar-refractivity contribution in [3.63, 3.8) is 0 Å². The summed E-state index contributed by atoms with van der Waals surface area (Å²) in [6.07, 6.45) is 3.36. The number of fused-ring (bicyclic) bond motifs is 1. The number of aromatic nitrogens is 7. The number of ether oxygens (including phenoxy) is 1. The zero-order chi connectivity index (χ0) is 24.4. The van der Waals surface area contributed by atoms with Gasteiger partial charge in [0, 0.05) is 35.5 Å². The zero-order valence-electron chi connectivity index (χ0n) is 18.9. The van der Waals surface area contributed by atoms with Crippen molar-refractivity contribution in [2.75, 3.05) is 5.32 Å². The lowest BCUT2D eigenvalue weighted by atomic mass is 10.1. The first-order valence-corrected chi connectivity index (χ1v) is 11.2. The number of rotatable bonds is 7. The largest absolute Gasteiger partial charge is 0.486 e. The average molecular weight is 489 g/mol. The van der Waals surface area contributed by atoms with Crippen molar-refractivity contribution in [2.45, 2.75) is 26.5 Å². The molecule has 0 saturated heterocycles. The molecular weight excluding hydrogens is 468 g/mol. The summed E-state index contributed by atoms with van der Waals surface area (Å²) in [5.74, 6) is 1.71. The molecule has 0 bridgehead atoms. The van der Waals surface area contributed by atoms with Crippen LogP contribution >= 0.6 is 11.6 Å². The minimum Gasteiger partial charge on any atom is -0.486 e. The first-order valence-electron chi connectivity index (χ1n) is 10.8. The summed E-state index contributed by atoms with van der Waals surface area (Å²) in [5.41, 5.74) is 2.49. The molecule has 5 aromatic rings. The van der Waals surface area contributed by atoms with Crippen LogP contribution in [0, 0.1) is 6.92 Å². The Kier molecular flexibility index (Phi) is 6.11. The molecule has 0 aliphatic rings. The Morgan fingerprint density at radius 1 is 1.14 bits per heavy atom. The first kappa shape index (κ1) is 22.5. The van der Waals surface area contributed by atoms with Crippen molar-refractivity contribution in [2.24, 2.45) is 0 Å². The van der Waals surface area contributed by atoms with Crippen LogP contribution in [-0.4, -0.2) is 35.2 Å². The van der Waals surface area contributed by atoms with Crippen molar-refractivity contribution in [1.82, 2.24) is 35.2 Å². The Bertz CT molecular complexity index is 1550. The minimum atomic E-state index is -0.334. The van der Waals surface area contributed by atoms with E-state index in [0.29, 0.717) is 33.5 Å². The number of nitrogens with one attached hydrogen (secondary N) is 2. The molecule has 0 fully saturated rings. The Morgan fingerprint density at radius 2 is 2.03 bits per heavy atom. The molecule has 0 unspecified atom stereocenters. The van der Waals surface area contributed by atoms with E-state index in [1.807, 2.05) is 44.2 Å². The van der Waals surface area contributed by atoms with Crippen molar-refractivity contribution < 1.29 is 4.74 Å². The monoisotopic (exact) mass is 488 g/mol. The Morgan fingerprint density at radius 3 is 2.80 bits per heavy atom. The third-order valence-corrected chi connectivity index (χ3v) is 5.77. The van der Waals surface area contributed by atoms with E-state index < -0.39 is 0 Å². The van der Waals surface area contributed by atoms with Gasteiger partial charge in [0.05, 0.1) is 28.0 Å². The predicted octanol–water partition coefficient (Wildman–Crippen LogP) is 4.01. The quantitative estimate of drug-likeness (QED) is 0.352. The van der Waals surface area contributed by atoms with Gasteiger partial charge in [0.1, 0.15) is 18.2 Å². The summed E-state index contributed by atoms with van der Waals surface area (Å²) in [6.45, 7) is 3.97. The van der Waals surface area contributed by atoms with Crippen molar-refractivity contribution in [3.8, 4) is 11.4 Å². The van der Waals surface area contributed by atoms with Crippen LogP contribution in [-0.2, 0) is 6.61 Å². The van der Waals surface area contributed by atoms with Crippen LogP contribution in [0.3, 0.4) is 0 Å². The number of aromatic amines is 1. The minimum absolute atomic E-state index is 0.219. The molecular formula is C24H21ClN8O2. The molecule has 4 heterocycles. The van der Waals surface area contributed by atoms with Crippen LogP contribution in [0.2, 0.25) is 5.02 Å². The molecule has 0 spiro atoms. The van der Waals surface area contributed by atoms with Crippen LogP contribution in [0.15, 0.2) is 65.7 Å². The highest BCUT2D eigenvalue weighted by Gasteiger charge is 2.15. The number of H-pyrrole nitrogens is 1. The van der Waals surface area contributed by atoms with Gasteiger partial charge >= 0.3 is 0 Å². The van der Waals surface area contributed by atoms with Gasteiger partial charge in [0.2, 0.25) is 0 Å². The van der Waals surface area contributed by atoms with Gasteiger partial charge in [-0.2, -0.15) is 4.68 Å². The van der Waals surface area contributed by atoms with Gasteiger partial charge in [-0.3, -0.25) is 9.78 Å². The second-order valence-electron chi connectivity index (χ2n) is 7.94. The van der Waals surface area contributed by atoms with Gasteiger partial charge in [-0.05, 0) is 54.6 Å². The highest BCUT2D eigenvalue weighted by Crippen LogP contribution is 2.30. The fraction of sp³-hybridized carbons (Fsp3) is 0.167. The highest BCUT2D eigenvalue weighted by atomic mass is 35.5. The Balaban J connectivity index is 1.38. The maximum atomic E-state index is 12.9. The molecule has 5 rings (SSSR count). The Hall–Kier alpha value is -4.31. The maximum absolute atomic E-state index is 12.9. The van der Waals surface area contributed by atoms with Crippen molar-refractivity contribution >= 4 is 28.3 Å². The van der Waals surface area contributed by atoms with E-state index >= 15 is 0 Å². The fourth-order valence-electron chi connectivity index (χ4n) is 3.69. The van der Waals surface area contributed by atoms with Crippen molar-refractivity contribution in [1.29, 1.82) is 0 Å². The molecule has 0 aliphatic heterocycles. The number of hydrogen-bond acceptors (Lipinski definition) is 8. The number of hydrogen-bond donors (Lipinski definition) is 2. The summed E-state index contributed by atoms with van der Waals surface area (Å²) in [5, 5.41) is 16.1. The van der Waals surface area contributed by atoms with E-state index in [9.17, 15) is 4.79 Å². The molecule has 35 heavy (non-hydrogen) atoms. The molecule has 1 aromatic carbocycles. The molecule has 4 aromatic heterocycles. The Labute approximate surface area is 205 Å². The molecule has 10 nitrogen and oxygen atoms in total. The number of halogens is 1. The number of nitrogens with zero attached hydrogens (tertiary/aromatic N) is 6. The molecule has 0 saturated carbocycles. The van der Waals surface area contributed by atoms with Crippen LogP contribution in [0.4, 0.5) is 5.82 Å². The van der Waals surface area contributed by atoms with E-state index in [-0.39, 0.29) is 18.2 Å². The number of benzene rings is 1. The average Bonchev–Trinajstić information content (AvgIpc) is 3.29. The van der Waals surface area contributed by atoms with Gasteiger partial charge < -0.3 is 15.0 Å². The lowest BCUT2D eigenvalue weighted by Gasteiger charge is -2.16. The van der Waals surface area contributed by atoms with Crippen LogP contribution < -0.4 is 15.6 Å². The maximum Gasteiger partial charge on any atom is 0.253 e. The topological polar surface area (TPSA) is 124 Å². The van der Waals surface area contributed by atoms with Crippen LogP contribution in [0.25, 0.3) is 16.6 Å². The van der Waals surface area contributed by atoms with Crippen LogP contribution in [0.1, 0.15) is 30.0 Å². The second-order valence-corrected chi connectivity index (χ2v) is 8.34. The lowest BCUT2D eigenvalue weighted by Crippen LogP contribution is -2.20. The van der Waals surface area contributed by atoms with Crippen molar-refractivity contribution in [3.05, 3.63) is 93.4 Å². The van der Waals surface area contributed by atoms with E-state index in [0.717, 1.165) is 16.8 Å². The molecule has 0 amide bonds. The third kappa shape index (κ3) is 4.82. The van der Waals surface area contributed by atoms with E-state index in [1.54, 1.807) is 35.3 Å². The van der Waals surface area contributed by atoms with Gasteiger partial charge in [-0.25, -0.2) is 4.98 Å². The smallest absolute Gasteiger partial charge is 0.253 e. The van der Waals surface area contributed by atoms with Gasteiger partial charge in [-0.1, -0.05) is 17.7 Å². The summed E-state index contributed by atoms with van der Waals surface area (Å²) in [6, 6.07) is 14.2. The van der Waals surface area contributed by atoms with E-state index in [4.69, 9.17) is 16.3 Å². The molecule has 0 radical (unpaired) electrons. The normalized spacial score (nSPS) is 12.0. The highest BCUT2D eigenvalue weighted by molar-refractivity contribution is 6.32. The first-order chi connectivity index (χ1) is 17.0. The number of tetrazole rings is 1. The molecule has 11 heteroatoms. The third-order valence-electron chi connectivity index (χ3n) is 5.47. The molecule has 176 valence electrons. The number of pyridine rings is 3. The summed E-state index contributed by atoms with van der Waals surface area (Å²) < 4.78 is 7.43. The summed E-state index contributed by atoms with van der Waals surface area (Å²) in [7, 11) is 0. The number of aryl methyl sites for hydroxylation is 1. The van der Waals surface area contributed by atoms with E-state index in [1.165, 1.54) is 0 Å². The summed E-state index contributed by atoms with van der Waals surface area (Å²) >= 11 is 6.47. The zero-order valence-corrected chi connectivity index (χ0v) is 19.7. The lowest BCUT2D eigenvalue weighted by molar-refractivity contribution is 0.302. The van der Waals surface area contributed by atoms with Gasteiger partial charge in [-0.15, -0.1) is 5.10 Å². The number of anilines is 1.